The van der Waals surface area contributed by atoms with E-state index in [0.29, 0.717) is 11.8 Å². The molecule has 0 radical (unpaired) electrons. The van der Waals surface area contributed by atoms with E-state index in [9.17, 15) is 4.79 Å². The van der Waals surface area contributed by atoms with E-state index < -0.39 is 0 Å². The normalized spacial score (nSPS) is 10.8. The molecule has 3 heteroatoms. The van der Waals surface area contributed by atoms with Gasteiger partial charge in [0.15, 0.2) is 0 Å². The zero-order valence-corrected chi connectivity index (χ0v) is 14.5. The average Bonchev–Trinajstić information content (AvgIpc) is 2.49. The zero-order valence-electron chi connectivity index (χ0n) is 13.7. The molecular weight excluding hydrogens is 290 g/mol. The minimum Gasteiger partial charge on any atom is -0.337 e. The van der Waals surface area contributed by atoms with Gasteiger partial charge >= 0.3 is 0 Å². The Balaban J connectivity index is 2.19. The van der Waals surface area contributed by atoms with E-state index in [1.165, 1.54) is 11.1 Å². The molecule has 0 saturated heterocycles. The first-order chi connectivity index (χ1) is 10.5. The fourth-order valence-electron chi connectivity index (χ4n) is 2.32. The summed E-state index contributed by atoms with van der Waals surface area (Å²) < 4.78 is 0. The average molecular weight is 313 g/mol. The van der Waals surface area contributed by atoms with E-state index in [-0.39, 0.29) is 5.91 Å². The second-order valence-electron chi connectivity index (χ2n) is 5.75. The lowest BCUT2D eigenvalue weighted by molar-refractivity contribution is 0.0781. The molecule has 2 rings (SSSR count). The van der Waals surface area contributed by atoms with Crippen LogP contribution in [0.2, 0.25) is 0 Å². The Morgan fingerprint density at radius 2 is 1.73 bits per heavy atom. The number of nitrogens with zero attached hydrogens (tertiary/aromatic N) is 1. The highest BCUT2D eigenvalue weighted by atomic mass is 32.2. The molecule has 1 amide bonds. The van der Waals surface area contributed by atoms with Gasteiger partial charge in [0.25, 0.3) is 5.91 Å². The van der Waals surface area contributed by atoms with Crippen molar-refractivity contribution in [2.45, 2.75) is 37.5 Å². The van der Waals surface area contributed by atoms with Crippen molar-refractivity contribution in [1.82, 2.24) is 4.90 Å². The van der Waals surface area contributed by atoms with E-state index in [1.54, 1.807) is 16.7 Å². The lowest BCUT2D eigenvalue weighted by Gasteiger charge is -2.20. The molecule has 0 saturated carbocycles. The summed E-state index contributed by atoms with van der Waals surface area (Å²) in [6.45, 7) is 6.99. The molecule has 116 valence electrons. The lowest BCUT2D eigenvalue weighted by Crippen LogP contribution is -2.27. The molecule has 0 aliphatic carbocycles. The maximum Gasteiger partial charge on any atom is 0.255 e. The van der Waals surface area contributed by atoms with Crippen molar-refractivity contribution < 1.29 is 4.79 Å². The number of amides is 1. The van der Waals surface area contributed by atoms with Crippen molar-refractivity contribution in [3.8, 4) is 0 Å². The van der Waals surface area contributed by atoms with Crippen LogP contribution in [0.15, 0.2) is 53.4 Å². The molecule has 0 fully saturated rings. The molecule has 0 spiro atoms. The second kappa shape index (κ2) is 7.50. The predicted molar refractivity (Wildman–Crippen MR) is 94.4 cm³/mol. The summed E-state index contributed by atoms with van der Waals surface area (Å²) in [4.78, 5) is 15.6. The number of benzene rings is 2. The molecule has 0 N–H and O–H groups in total. The fraction of sp³-hybridized carbons (Fsp3) is 0.316. The molecule has 0 atom stereocenters. The molecule has 0 bridgehead atoms. The molecule has 2 nitrogen and oxygen atoms in total. The molecule has 0 heterocycles. The Labute approximate surface area is 137 Å². The van der Waals surface area contributed by atoms with Crippen molar-refractivity contribution in [3.05, 3.63) is 65.2 Å². The first-order valence-electron chi connectivity index (χ1n) is 7.54. The molecule has 0 unspecified atom stereocenters. The van der Waals surface area contributed by atoms with Crippen LogP contribution in [0.25, 0.3) is 0 Å². The van der Waals surface area contributed by atoms with E-state index >= 15 is 0 Å². The number of hydrogen-bond donors (Lipinski definition) is 0. The number of carbonyl (C=O) groups excluding carboxylic acids is 1. The zero-order chi connectivity index (χ0) is 16.1. The van der Waals surface area contributed by atoms with E-state index in [2.05, 4.69) is 32.9 Å². The SMILES string of the molecule is Cc1ccccc1CN(C)C(=O)c1ccccc1SC(C)C. The Hall–Kier alpha value is -1.74. The van der Waals surface area contributed by atoms with Crippen molar-refractivity contribution in [2.75, 3.05) is 7.05 Å². The largest absolute Gasteiger partial charge is 0.337 e. The highest BCUT2D eigenvalue weighted by Gasteiger charge is 2.17. The maximum absolute atomic E-state index is 12.8. The van der Waals surface area contributed by atoms with Gasteiger partial charge in [0.05, 0.1) is 5.56 Å². The van der Waals surface area contributed by atoms with Gasteiger partial charge < -0.3 is 4.90 Å². The van der Waals surface area contributed by atoms with Crippen LogP contribution < -0.4 is 0 Å². The van der Waals surface area contributed by atoms with Crippen LogP contribution in [0.4, 0.5) is 0 Å². The van der Waals surface area contributed by atoms with Crippen LogP contribution in [0.1, 0.15) is 35.3 Å². The summed E-state index contributed by atoms with van der Waals surface area (Å²) in [6, 6.07) is 16.1. The lowest BCUT2D eigenvalue weighted by atomic mass is 10.1. The van der Waals surface area contributed by atoms with Crippen molar-refractivity contribution >= 4 is 17.7 Å². The third-order valence-corrected chi connectivity index (χ3v) is 4.58. The molecular formula is C19H23NOS. The van der Waals surface area contributed by atoms with Gasteiger partial charge in [-0.05, 0) is 30.2 Å². The maximum atomic E-state index is 12.8. The van der Waals surface area contributed by atoms with Crippen LogP contribution in [0.5, 0.6) is 0 Å². The number of hydrogen-bond acceptors (Lipinski definition) is 2. The Bertz CT molecular complexity index is 651. The van der Waals surface area contributed by atoms with Crippen molar-refractivity contribution in [3.63, 3.8) is 0 Å². The third kappa shape index (κ3) is 4.14. The first kappa shape index (κ1) is 16.6. The van der Waals surface area contributed by atoms with Crippen LogP contribution >= 0.6 is 11.8 Å². The van der Waals surface area contributed by atoms with Crippen LogP contribution in [-0.2, 0) is 6.54 Å². The van der Waals surface area contributed by atoms with Crippen LogP contribution in [0.3, 0.4) is 0 Å². The van der Waals surface area contributed by atoms with Gasteiger partial charge in [-0.3, -0.25) is 4.79 Å². The van der Waals surface area contributed by atoms with E-state index in [1.807, 2.05) is 43.4 Å². The number of aryl methyl sites for hydroxylation is 1. The first-order valence-corrected chi connectivity index (χ1v) is 8.42. The fourth-order valence-corrected chi connectivity index (χ4v) is 3.27. The van der Waals surface area contributed by atoms with Gasteiger partial charge in [0.1, 0.15) is 0 Å². The molecule has 2 aromatic rings. The topological polar surface area (TPSA) is 20.3 Å². The minimum atomic E-state index is 0.0759. The summed E-state index contributed by atoms with van der Waals surface area (Å²) in [5.74, 6) is 0.0759. The Kier molecular flexibility index (Phi) is 5.67. The van der Waals surface area contributed by atoms with Gasteiger partial charge in [-0.2, -0.15) is 0 Å². The second-order valence-corrected chi connectivity index (χ2v) is 7.37. The van der Waals surface area contributed by atoms with Gasteiger partial charge in [0.2, 0.25) is 0 Å². The molecule has 0 aliphatic rings. The molecule has 22 heavy (non-hydrogen) atoms. The van der Waals surface area contributed by atoms with E-state index in [4.69, 9.17) is 0 Å². The quantitative estimate of drug-likeness (QED) is 0.741. The number of rotatable bonds is 5. The third-order valence-electron chi connectivity index (χ3n) is 3.50. The van der Waals surface area contributed by atoms with Crippen LogP contribution in [0, 0.1) is 6.92 Å². The van der Waals surface area contributed by atoms with E-state index in [0.717, 1.165) is 10.5 Å². The highest BCUT2D eigenvalue weighted by molar-refractivity contribution is 8.00. The summed E-state index contributed by atoms with van der Waals surface area (Å²) in [5, 5.41) is 0.454. The van der Waals surface area contributed by atoms with Gasteiger partial charge in [-0.1, -0.05) is 50.2 Å². The van der Waals surface area contributed by atoms with Gasteiger partial charge in [-0.15, -0.1) is 11.8 Å². The summed E-state index contributed by atoms with van der Waals surface area (Å²) in [5.41, 5.74) is 3.19. The van der Waals surface area contributed by atoms with Crippen molar-refractivity contribution in [2.24, 2.45) is 0 Å². The highest BCUT2D eigenvalue weighted by Crippen LogP contribution is 2.27. The molecule has 2 aromatic carbocycles. The monoisotopic (exact) mass is 313 g/mol. The summed E-state index contributed by atoms with van der Waals surface area (Å²) in [7, 11) is 1.87. The summed E-state index contributed by atoms with van der Waals surface area (Å²) in [6.07, 6.45) is 0. The predicted octanol–water partition coefficient (Wildman–Crippen LogP) is 4.77. The Morgan fingerprint density at radius 1 is 1.09 bits per heavy atom. The smallest absolute Gasteiger partial charge is 0.255 e. The number of thioether (sulfide) groups is 1. The molecule has 0 aliphatic heterocycles. The molecule has 0 aromatic heterocycles. The summed E-state index contributed by atoms with van der Waals surface area (Å²) >= 11 is 1.73. The van der Waals surface area contributed by atoms with Crippen molar-refractivity contribution in [1.29, 1.82) is 0 Å². The number of carbonyl (C=O) groups is 1. The minimum absolute atomic E-state index is 0.0759. The van der Waals surface area contributed by atoms with Gasteiger partial charge in [0, 0.05) is 23.7 Å². The standard InChI is InChI=1S/C19H23NOS/c1-14(2)22-18-12-8-7-11-17(18)19(21)20(4)13-16-10-6-5-9-15(16)3/h5-12,14H,13H2,1-4H3. The Morgan fingerprint density at radius 3 is 2.41 bits per heavy atom. The van der Waals surface area contributed by atoms with Gasteiger partial charge in [-0.25, -0.2) is 0 Å². The van der Waals surface area contributed by atoms with Crippen LogP contribution in [-0.4, -0.2) is 23.1 Å².